The molecule has 1 aliphatic rings. The number of hydrogen-bond donors (Lipinski definition) is 1. The van der Waals surface area contributed by atoms with E-state index in [0.717, 1.165) is 25.7 Å². The lowest BCUT2D eigenvalue weighted by Gasteiger charge is -2.08. The molecule has 0 heterocycles. The lowest BCUT2D eigenvalue weighted by atomic mass is 10.1. The van der Waals surface area contributed by atoms with Crippen LogP contribution in [-0.4, -0.2) is 18.5 Å². The standard InChI is InChI=1S/C20H21NO3/c1-2-14-6-10-18(11-7-14)21-19(22)13-24-20(23)17-9-8-15-4-3-5-16(15)12-17/h6-12H,2-5,13H2,1H3,(H,21,22). The van der Waals surface area contributed by atoms with Crippen molar-refractivity contribution in [1.82, 2.24) is 0 Å². The first-order valence-corrected chi connectivity index (χ1v) is 8.33. The van der Waals surface area contributed by atoms with E-state index in [1.807, 2.05) is 36.4 Å². The number of rotatable bonds is 5. The van der Waals surface area contributed by atoms with Crippen molar-refractivity contribution < 1.29 is 14.3 Å². The Bertz CT molecular complexity index is 750. The van der Waals surface area contributed by atoms with Crippen molar-refractivity contribution in [1.29, 1.82) is 0 Å². The van der Waals surface area contributed by atoms with Gasteiger partial charge in [0, 0.05) is 5.69 Å². The Morgan fingerprint density at radius 1 is 1.04 bits per heavy atom. The summed E-state index contributed by atoms with van der Waals surface area (Å²) >= 11 is 0. The molecule has 4 heteroatoms. The molecule has 24 heavy (non-hydrogen) atoms. The van der Waals surface area contributed by atoms with Gasteiger partial charge < -0.3 is 10.1 Å². The molecule has 0 aromatic heterocycles. The topological polar surface area (TPSA) is 55.4 Å². The second kappa shape index (κ2) is 7.30. The summed E-state index contributed by atoms with van der Waals surface area (Å²) in [6, 6.07) is 13.3. The zero-order valence-corrected chi connectivity index (χ0v) is 13.8. The first-order chi connectivity index (χ1) is 11.7. The first-order valence-electron chi connectivity index (χ1n) is 8.33. The van der Waals surface area contributed by atoms with Gasteiger partial charge in [-0.25, -0.2) is 4.79 Å². The summed E-state index contributed by atoms with van der Waals surface area (Å²) in [5.74, 6) is -0.796. The molecule has 0 fully saturated rings. The maximum Gasteiger partial charge on any atom is 0.338 e. The van der Waals surface area contributed by atoms with Crippen molar-refractivity contribution in [3.8, 4) is 0 Å². The molecule has 1 aliphatic carbocycles. The number of fused-ring (bicyclic) bond motifs is 1. The number of esters is 1. The van der Waals surface area contributed by atoms with Gasteiger partial charge in [0.2, 0.25) is 0 Å². The van der Waals surface area contributed by atoms with Gasteiger partial charge in [-0.3, -0.25) is 4.79 Å². The van der Waals surface area contributed by atoms with Crippen LogP contribution in [0.25, 0.3) is 0 Å². The molecule has 2 aromatic carbocycles. The second-order valence-corrected chi connectivity index (χ2v) is 6.01. The molecular weight excluding hydrogens is 302 g/mol. The van der Waals surface area contributed by atoms with Gasteiger partial charge in [-0.2, -0.15) is 0 Å². The van der Waals surface area contributed by atoms with Gasteiger partial charge in [-0.1, -0.05) is 25.1 Å². The fourth-order valence-corrected chi connectivity index (χ4v) is 2.93. The van der Waals surface area contributed by atoms with Crippen LogP contribution in [0.2, 0.25) is 0 Å². The third-order valence-electron chi connectivity index (χ3n) is 4.31. The van der Waals surface area contributed by atoms with E-state index in [2.05, 4.69) is 12.2 Å². The van der Waals surface area contributed by atoms with Crippen LogP contribution in [0.3, 0.4) is 0 Å². The van der Waals surface area contributed by atoms with E-state index in [-0.39, 0.29) is 12.5 Å². The van der Waals surface area contributed by atoms with Crippen LogP contribution >= 0.6 is 0 Å². The number of nitrogens with one attached hydrogen (secondary N) is 1. The summed E-state index contributed by atoms with van der Waals surface area (Å²) in [6.45, 7) is 1.79. The van der Waals surface area contributed by atoms with Crippen LogP contribution in [-0.2, 0) is 28.8 Å². The van der Waals surface area contributed by atoms with Gasteiger partial charge in [-0.15, -0.1) is 0 Å². The number of hydrogen-bond acceptors (Lipinski definition) is 3. The molecule has 4 nitrogen and oxygen atoms in total. The van der Waals surface area contributed by atoms with E-state index in [9.17, 15) is 9.59 Å². The van der Waals surface area contributed by atoms with E-state index >= 15 is 0 Å². The van der Waals surface area contributed by atoms with E-state index in [4.69, 9.17) is 4.74 Å². The maximum atomic E-state index is 12.1. The molecule has 0 saturated heterocycles. The predicted octanol–water partition coefficient (Wildman–Crippen LogP) is 3.53. The van der Waals surface area contributed by atoms with Crippen LogP contribution in [0.15, 0.2) is 42.5 Å². The molecule has 124 valence electrons. The fraction of sp³-hybridized carbons (Fsp3) is 0.300. The number of benzene rings is 2. The lowest BCUT2D eigenvalue weighted by Crippen LogP contribution is -2.21. The molecule has 3 rings (SSSR count). The van der Waals surface area contributed by atoms with Crippen LogP contribution in [0.5, 0.6) is 0 Å². The zero-order valence-electron chi connectivity index (χ0n) is 13.8. The Kier molecular flexibility index (Phi) is 4.94. The summed E-state index contributed by atoms with van der Waals surface area (Å²) in [4.78, 5) is 24.0. The Labute approximate surface area is 141 Å². The normalized spacial score (nSPS) is 12.5. The predicted molar refractivity (Wildman–Crippen MR) is 93.2 cm³/mol. The quantitative estimate of drug-likeness (QED) is 0.856. The van der Waals surface area contributed by atoms with Gasteiger partial charge in [0.25, 0.3) is 5.91 Å². The van der Waals surface area contributed by atoms with Crippen molar-refractivity contribution in [3.05, 3.63) is 64.7 Å². The van der Waals surface area contributed by atoms with E-state index in [0.29, 0.717) is 11.3 Å². The number of aryl methyl sites for hydroxylation is 3. The van der Waals surface area contributed by atoms with Crippen molar-refractivity contribution in [3.63, 3.8) is 0 Å². The van der Waals surface area contributed by atoms with Gasteiger partial charge >= 0.3 is 5.97 Å². The van der Waals surface area contributed by atoms with Gasteiger partial charge in [0.1, 0.15) is 0 Å². The molecule has 2 aromatic rings. The van der Waals surface area contributed by atoms with Crippen LogP contribution < -0.4 is 5.32 Å². The summed E-state index contributed by atoms with van der Waals surface area (Å²) in [7, 11) is 0. The molecule has 0 radical (unpaired) electrons. The number of ether oxygens (including phenoxy) is 1. The molecule has 0 bridgehead atoms. The molecule has 1 amide bonds. The highest BCUT2D eigenvalue weighted by Gasteiger charge is 2.15. The number of carbonyl (C=O) groups is 2. The lowest BCUT2D eigenvalue weighted by molar-refractivity contribution is -0.119. The zero-order chi connectivity index (χ0) is 16.9. The average Bonchev–Trinajstić information content (AvgIpc) is 3.08. The SMILES string of the molecule is CCc1ccc(NC(=O)COC(=O)c2ccc3c(c2)CCC3)cc1. The van der Waals surface area contributed by atoms with Crippen molar-refractivity contribution in [2.75, 3.05) is 11.9 Å². The minimum atomic E-state index is -0.457. The minimum absolute atomic E-state index is 0.286. The van der Waals surface area contributed by atoms with Gasteiger partial charge in [0.05, 0.1) is 5.56 Å². The third-order valence-corrected chi connectivity index (χ3v) is 4.31. The van der Waals surface area contributed by atoms with Crippen LogP contribution in [0, 0.1) is 0 Å². The Balaban J connectivity index is 1.52. The van der Waals surface area contributed by atoms with Gasteiger partial charge in [0.15, 0.2) is 6.61 Å². The number of amides is 1. The Hall–Kier alpha value is -2.62. The largest absolute Gasteiger partial charge is 0.452 e. The number of carbonyl (C=O) groups excluding carboxylic acids is 2. The highest BCUT2D eigenvalue weighted by molar-refractivity contribution is 5.95. The van der Waals surface area contributed by atoms with Crippen molar-refractivity contribution >= 4 is 17.6 Å². The molecule has 1 N–H and O–H groups in total. The maximum absolute atomic E-state index is 12.1. The summed E-state index contributed by atoms with van der Waals surface area (Å²) in [5, 5.41) is 2.73. The second-order valence-electron chi connectivity index (χ2n) is 6.01. The summed E-state index contributed by atoms with van der Waals surface area (Å²) < 4.78 is 5.12. The first kappa shape index (κ1) is 16.2. The molecular formula is C20H21NO3. The monoisotopic (exact) mass is 323 g/mol. The third kappa shape index (κ3) is 3.82. The molecule has 0 aliphatic heterocycles. The number of anilines is 1. The summed E-state index contributed by atoms with van der Waals surface area (Å²) in [6.07, 6.45) is 4.16. The highest BCUT2D eigenvalue weighted by atomic mass is 16.5. The molecule has 0 saturated carbocycles. The van der Waals surface area contributed by atoms with Gasteiger partial charge in [-0.05, 0) is 66.6 Å². The van der Waals surface area contributed by atoms with E-state index in [1.165, 1.54) is 16.7 Å². The Morgan fingerprint density at radius 3 is 2.54 bits per heavy atom. The minimum Gasteiger partial charge on any atom is -0.452 e. The van der Waals surface area contributed by atoms with E-state index in [1.54, 1.807) is 6.07 Å². The van der Waals surface area contributed by atoms with Crippen LogP contribution in [0.4, 0.5) is 5.69 Å². The van der Waals surface area contributed by atoms with Crippen molar-refractivity contribution in [2.45, 2.75) is 32.6 Å². The van der Waals surface area contributed by atoms with E-state index < -0.39 is 5.97 Å². The molecule has 0 spiro atoms. The van der Waals surface area contributed by atoms with Crippen LogP contribution in [0.1, 0.15) is 40.4 Å². The highest BCUT2D eigenvalue weighted by Crippen LogP contribution is 2.23. The average molecular weight is 323 g/mol. The fourth-order valence-electron chi connectivity index (χ4n) is 2.93. The Morgan fingerprint density at radius 2 is 1.79 bits per heavy atom. The summed E-state index contributed by atoms with van der Waals surface area (Å²) in [5.41, 5.74) is 4.93. The molecule has 0 atom stereocenters. The molecule has 0 unspecified atom stereocenters. The smallest absolute Gasteiger partial charge is 0.338 e. The van der Waals surface area contributed by atoms with Crippen molar-refractivity contribution in [2.24, 2.45) is 0 Å².